The van der Waals surface area contributed by atoms with Crippen molar-refractivity contribution in [1.29, 1.82) is 0 Å². The fourth-order valence-corrected chi connectivity index (χ4v) is 2.14. The fraction of sp³-hybridized carbons (Fsp3) is 0.625. The van der Waals surface area contributed by atoms with Gasteiger partial charge in [-0.25, -0.2) is 0 Å². The predicted octanol–water partition coefficient (Wildman–Crippen LogP) is 2.37. The molecule has 0 radical (unpaired) electrons. The average molecular weight is 156 g/mol. The molecule has 10 heavy (non-hydrogen) atoms. The number of Topliss-reactive ketones (excluding diaryl/α,β-unsaturated/α-hetero) is 1. The van der Waals surface area contributed by atoms with Crippen LogP contribution in [0.4, 0.5) is 0 Å². The summed E-state index contributed by atoms with van der Waals surface area (Å²) in [5.41, 5.74) is 0. The van der Waals surface area contributed by atoms with Crippen LogP contribution in [-0.4, -0.2) is 11.0 Å². The van der Waals surface area contributed by atoms with Gasteiger partial charge < -0.3 is 0 Å². The van der Waals surface area contributed by atoms with Crippen LogP contribution in [0.15, 0.2) is 11.0 Å². The third kappa shape index (κ3) is 1.87. The maximum atomic E-state index is 10.9. The summed E-state index contributed by atoms with van der Waals surface area (Å²) in [6.45, 7) is 3.75. The zero-order chi connectivity index (χ0) is 7.56. The topological polar surface area (TPSA) is 17.1 Å². The van der Waals surface area contributed by atoms with E-state index in [1.54, 1.807) is 18.7 Å². The number of carbonyl (C=O) groups is 1. The molecule has 0 aromatic rings. The lowest BCUT2D eigenvalue weighted by Gasteiger charge is -2.16. The number of rotatable bonds is 1. The molecule has 0 N–H and O–H groups in total. The SMILES string of the molecule is CC(=O)C1CCC=C(C)S1. The highest BCUT2D eigenvalue weighted by molar-refractivity contribution is 8.04. The van der Waals surface area contributed by atoms with Gasteiger partial charge in [0, 0.05) is 0 Å². The second-order valence-electron chi connectivity index (χ2n) is 2.61. The summed E-state index contributed by atoms with van der Waals surface area (Å²) in [6.07, 6.45) is 4.30. The van der Waals surface area contributed by atoms with E-state index in [4.69, 9.17) is 0 Å². The Labute approximate surface area is 65.9 Å². The van der Waals surface area contributed by atoms with E-state index in [0.29, 0.717) is 5.78 Å². The van der Waals surface area contributed by atoms with Gasteiger partial charge in [-0.15, -0.1) is 11.8 Å². The van der Waals surface area contributed by atoms with Crippen LogP contribution in [0.2, 0.25) is 0 Å². The van der Waals surface area contributed by atoms with Gasteiger partial charge in [0.15, 0.2) is 0 Å². The monoisotopic (exact) mass is 156 g/mol. The van der Waals surface area contributed by atoms with E-state index in [0.717, 1.165) is 12.8 Å². The maximum absolute atomic E-state index is 10.9. The normalized spacial score (nSPS) is 25.8. The second kappa shape index (κ2) is 3.24. The molecule has 56 valence electrons. The average Bonchev–Trinajstić information content (AvgIpc) is 1.88. The Morgan fingerprint density at radius 2 is 2.50 bits per heavy atom. The zero-order valence-electron chi connectivity index (χ0n) is 6.39. The highest BCUT2D eigenvalue weighted by Gasteiger charge is 2.17. The molecule has 1 aliphatic heterocycles. The molecule has 0 aromatic heterocycles. The van der Waals surface area contributed by atoms with E-state index in [1.165, 1.54) is 4.91 Å². The Morgan fingerprint density at radius 1 is 1.80 bits per heavy atom. The van der Waals surface area contributed by atoms with Crippen molar-refractivity contribution in [3.63, 3.8) is 0 Å². The first kappa shape index (κ1) is 7.86. The standard InChI is InChI=1S/C8H12OS/c1-6-4-3-5-8(10-6)7(2)9/h4,8H,3,5H2,1-2H3. The summed E-state index contributed by atoms with van der Waals surface area (Å²) < 4.78 is 0. The van der Waals surface area contributed by atoms with Crippen molar-refractivity contribution >= 4 is 17.5 Å². The molecule has 0 aromatic carbocycles. The van der Waals surface area contributed by atoms with Crippen LogP contribution in [0.25, 0.3) is 0 Å². The van der Waals surface area contributed by atoms with Crippen molar-refractivity contribution < 1.29 is 4.79 Å². The molecule has 1 rings (SSSR count). The molecule has 0 bridgehead atoms. The molecule has 1 atom stereocenters. The van der Waals surface area contributed by atoms with E-state index in [-0.39, 0.29) is 5.25 Å². The third-order valence-electron chi connectivity index (χ3n) is 1.64. The van der Waals surface area contributed by atoms with E-state index in [9.17, 15) is 4.79 Å². The predicted molar refractivity (Wildman–Crippen MR) is 45.1 cm³/mol. The Morgan fingerprint density at radius 3 is 2.90 bits per heavy atom. The van der Waals surface area contributed by atoms with Crippen LogP contribution in [-0.2, 0) is 4.79 Å². The number of thioether (sulfide) groups is 1. The lowest BCUT2D eigenvalue weighted by molar-refractivity contribution is -0.116. The molecule has 1 heterocycles. The minimum absolute atomic E-state index is 0.241. The molecule has 1 aliphatic rings. The first-order valence-corrected chi connectivity index (χ1v) is 4.42. The molecule has 1 unspecified atom stereocenters. The number of hydrogen-bond acceptors (Lipinski definition) is 2. The fourth-order valence-electron chi connectivity index (χ4n) is 1.06. The van der Waals surface area contributed by atoms with E-state index >= 15 is 0 Å². The van der Waals surface area contributed by atoms with Gasteiger partial charge >= 0.3 is 0 Å². The van der Waals surface area contributed by atoms with Crippen LogP contribution in [0, 0.1) is 0 Å². The van der Waals surface area contributed by atoms with Crippen molar-refractivity contribution in [2.45, 2.75) is 31.9 Å². The molecule has 0 aliphatic carbocycles. The highest BCUT2D eigenvalue weighted by atomic mass is 32.2. The van der Waals surface area contributed by atoms with Gasteiger partial charge in [-0.05, 0) is 31.6 Å². The van der Waals surface area contributed by atoms with Gasteiger partial charge in [0.1, 0.15) is 5.78 Å². The van der Waals surface area contributed by atoms with Crippen molar-refractivity contribution in [1.82, 2.24) is 0 Å². The van der Waals surface area contributed by atoms with Gasteiger partial charge in [0.2, 0.25) is 0 Å². The first-order chi connectivity index (χ1) is 4.70. The van der Waals surface area contributed by atoms with Crippen LogP contribution < -0.4 is 0 Å². The number of ketones is 1. The molecule has 1 nitrogen and oxygen atoms in total. The largest absolute Gasteiger partial charge is 0.299 e. The van der Waals surface area contributed by atoms with Crippen molar-refractivity contribution in [3.05, 3.63) is 11.0 Å². The lowest BCUT2D eigenvalue weighted by Crippen LogP contribution is -2.15. The molecule has 2 heteroatoms. The highest BCUT2D eigenvalue weighted by Crippen LogP contribution is 2.30. The zero-order valence-corrected chi connectivity index (χ0v) is 7.20. The number of hydrogen-bond donors (Lipinski definition) is 0. The van der Waals surface area contributed by atoms with Crippen molar-refractivity contribution in [2.75, 3.05) is 0 Å². The first-order valence-electron chi connectivity index (χ1n) is 3.54. The minimum Gasteiger partial charge on any atom is -0.299 e. The quantitative estimate of drug-likeness (QED) is 0.579. The molecule has 0 fully saturated rings. The van der Waals surface area contributed by atoms with Gasteiger partial charge in [-0.1, -0.05) is 6.08 Å². The minimum atomic E-state index is 0.241. The summed E-state index contributed by atoms with van der Waals surface area (Å²) in [7, 11) is 0. The lowest BCUT2D eigenvalue weighted by atomic mass is 10.1. The molecule has 0 saturated carbocycles. The van der Waals surface area contributed by atoms with E-state index in [1.807, 2.05) is 0 Å². The Kier molecular flexibility index (Phi) is 2.55. The molecular formula is C8H12OS. The van der Waals surface area contributed by atoms with E-state index < -0.39 is 0 Å². The Hall–Kier alpha value is -0.240. The maximum Gasteiger partial charge on any atom is 0.143 e. The van der Waals surface area contributed by atoms with Crippen LogP contribution in [0.5, 0.6) is 0 Å². The van der Waals surface area contributed by atoms with Gasteiger partial charge in [-0.2, -0.15) is 0 Å². The number of allylic oxidation sites excluding steroid dienone is 2. The Balaban J connectivity index is 2.53. The van der Waals surface area contributed by atoms with Gasteiger partial charge in [-0.3, -0.25) is 4.79 Å². The number of carbonyl (C=O) groups excluding carboxylic acids is 1. The van der Waals surface area contributed by atoms with Gasteiger partial charge in [0.25, 0.3) is 0 Å². The van der Waals surface area contributed by atoms with E-state index in [2.05, 4.69) is 13.0 Å². The summed E-state index contributed by atoms with van der Waals surface area (Å²) in [5.74, 6) is 0.317. The summed E-state index contributed by atoms with van der Waals surface area (Å²) in [6, 6.07) is 0. The second-order valence-corrected chi connectivity index (χ2v) is 4.06. The Bertz CT molecular complexity index is 172. The summed E-state index contributed by atoms with van der Waals surface area (Å²) in [5, 5.41) is 0.241. The van der Waals surface area contributed by atoms with Crippen LogP contribution >= 0.6 is 11.8 Å². The third-order valence-corrected chi connectivity index (χ3v) is 3.03. The van der Waals surface area contributed by atoms with Crippen molar-refractivity contribution in [3.8, 4) is 0 Å². The smallest absolute Gasteiger partial charge is 0.143 e. The molecule has 0 spiro atoms. The molecular weight excluding hydrogens is 144 g/mol. The van der Waals surface area contributed by atoms with Gasteiger partial charge in [0.05, 0.1) is 5.25 Å². The van der Waals surface area contributed by atoms with Crippen LogP contribution in [0.3, 0.4) is 0 Å². The molecule has 0 saturated heterocycles. The summed E-state index contributed by atoms with van der Waals surface area (Å²) in [4.78, 5) is 12.2. The van der Waals surface area contributed by atoms with Crippen molar-refractivity contribution in [2.24, 2.45) is 0 Å². The summed E-state index contributed by atoms with van der Waals surface area (Å²) >= 11 is 1.71. The van der Waals surface area contributed by atoms with Crippen LogP contribution in [0.1, 0.15) is 26.7 Å². The molecule has 0 amide bonds.